The molecule has 0 amide bonds. The maximum absolute atomic E-state index is 10.7. The Balaban J connectivity index is 2.83. The summed E-state index contributed by atoms with van der Waals surface area (Å²) in [5, 5.41) is 10.7. The zero-order valence-corrected chi connectivity index (χ0v) is 11.8. The minimum atomic E-state index is -0.960. The SMILES string of the molecule is CCC(CC)N(C)CC(O)(CN)c1ccccc1. The minimum Gasteiger partial charge on any atom is -0.382 e. The molecule has 0 bridgehead atoms. The van der Waals surface area contributed by atoms with Crippen LogP contribution in [0.2, 0.25) is 0 Å². The van der Waals surface area contributed by atoms with Crippen molar-refractivity contribution in [2.24, 2.45) is 5.73 Å². The van der Waals surface area contributed by atoms with Crippen molar-refractivity contribution in [1.29, 1.82) is 0 Å². The number of hydrogen-bond donors (Lipinski definition) is 2. The van der Waals surface area contributed by atoms with E-state index in [9.17, 15) is 5.11 Å². The van der Waals surface area contributed by atoms with Gasteiger partial charge in [-0.2, -0.15) is 0 Å². The standard InChI is InChI=1S/C15H26N2O/c1-4-14(5-2)17(3)12-15(18,11-16)13-9-7-6-8-10-13/h6-10,14,18H,4-5,11-12,16H2,1-3H3. The lowest BCUT2D eigenvalue weighted by molar-refractivity contribution is 0.00169. The third kappa shape index (κ3) is 3.55. The molecule has 1 aromatic carbocycles. The van der Waals surface area contributed by atoms with Crippen molar-refractivity contribution < 1.29 is 5.11 Å². The average Bonchev–Trinajstić information content (AvgIpc) is 2.41. The summed E-state index contributed by atoms with van der Waals surface area (Å²) >= 11 is 0. The highest BCUT2D eigenvalue weighted by Crippen LogP contribution is 2.22. The summed E-state index contributed by atoms with van der Waals surface area (Å²) in [6, 6.07) is 10.2. The number of nitrogens with zero attached hydrogens (tertiary/aromatic N) is 1. The number of rotatable bonds is 7. The molecule has 18 heavy (non-hydrogen) atoms. The minimum absolute atomic E-state index is 0.238. The molecule has 1 atom stereocenters. The van der Waals surface area contributed by atoms with E-state index in [4.69, 9.17) is 5.73 Å². The van der Waals surface area contributed by atoms with Crippen LogP contribution >= 0.6 is 0 Å². The van der Waals surface area contributed by atoms with E-state index in [1.807, 2.05) is 30.3 Å². The van der Waals surface area contributed by atoms with Crippen molar-refractivity contribution in [3.63, 3.8) is 0 Å². The summed E-state index contributed by atoms with van der Waals surface area (Å²) in [7, 11) is 2.06. The Morgan fingerprint density at radius 2 is 1.78 bits per heavy atom. The first-order chi connectivity index (χ1) is 8.57. The molecule has 0 spiro atoms. The topological polar surface area (TPSA) is 49.5 Å². The van der Waals surface area contributed by atoms with Gasteiger partial charge in [0.25, 0.3) is 0 Å². The summed E-state index contributed by atoms with van der Waals surface area (Å²) in [5.41, 5.74) is 5.73. The molecule has 0 heterocycles. The molecule has 0 aliphatic carbocycles. The largest absolute Gasteiger partial charge is 0.382 e. The molecule has 3 N–H and O–H groups in total. The molecule has 0 saturated heterocycles. The van der Waals surface area contributed by atoms with Crippen LogP contribution in [0.5, 0.6) is 0 Å². The second-order valence-corrected chi connectivity index (χ2v) is 4.99. The highest BCUT2D eigenvalue weighted by Gasteiger charge is 2.30. The first-order valence-electron chi connectivity index (χ1n) is 6.75. The number of aliphatic hydroxyl groups is 1. The van der Waals surface area contributed by atoms with Gasteiger partial charge in [-0.3, -0.25) is 0 Å². The van der Waals surface area contributed by atoms with E-state index in [1.54, 1.807) is 0 Å². The molecule has 0 radical (unpaired) electrons. The summed E-state index contributed by atoms with van der Waals surface area (Å²) in [6.07, 6.45) is 2.17. The Labute approximate surface area is 111 Å². The van der Waals surface area contributed by atoms with Gasteiger partial charge in [-0.25, -0.2) is 0 Å². The molecule has 0 fully saturated rings. The first kappa shape index (κ1) is 15.2. The second-order valence-electron chi connectivity index (χ2n) is 4.99. The van der Waals surface area contributed by atoms with Gasteiger partial charge in [0.1, 0.15) is 5.60 Å². The second kappa shape index (κ2) is 6.88. The number of hydrogen-bond acceptors (Lipinski definition) is 3. The Kier molecular flexibility index (Phi) is 5.79. The van der Waals surface area contributed by atoms with Crippen molar-refractivity contribution in [1.82, 2.24) is 4.90 Å². The zero-order valence-electron chi connectivity index (χ0n) is 11.8. The third-order valence-corrected chi connectivity index (χ3v) is 3.73. The van der Waals surface area contributed by atoms with E-state index in [1.165, 1.54) is 0 Å². The predicted octanol–water partition coefficient (Wildman–Crippen LogP) is 1.95. The van der Waals surface area contributed by atoms with Crippen LogP contribution < -0.4 is 5.73 Å². The fourth-order valence-electron chi connectivity index (χ4n) is 2.48. The fraction of sp³-hybridized carbons (Fsp3) is 0.600. The van der Waals surface area contributed by atoms with Crippen LogP contribution in [0.4, 0.5) is 0 Å². The third-order valence-electron chi connectivity index (χ3n) is 3.73. The monoisotopic (exact) mass is 250 g/mol. The van der Waals surface area contributed by atoms with Gasteiger partial charge >= 0.3 is 0 Å². The van der Waals surface area contributed by atoms with Crippen molar-refractivity contribution in [2.45, 2.75) is 38.3 Å². The summed E-state index contributed by atoms with van der Waals surface area (Å²) in [6.45, 7) is 5.16. The van der Waals surface area contributed by atoms with Gasteiger partial charge in [-0.15, -0.1) is 0 Å². The lowest BCUT2D eigenvalue weighted by Crippen LogP contribution is -2.47. The average molecular weight is 250 g/mol. The molecule has 0 aliphatic rings. The molecule has 0 aromatic heterocycles. The first-order valence-corrected chi connectivity index (χ1v) is 6.75. The Hall–Kier alpha value is -0.900. The van der Waals surface area contributed by atoms with E-state index in [0.717, 1.165) is 18.4 Å². The maximum atomic E-state index is 10.7. The van der Waals surface area contributed by atoms with Gasteiger partial charge in [0.05, 0.1) is 0 Å². The van der Waals surface area contributed by atoms with E-state index < -0.39 is 5.60 Å². The molecular weight excluding hydrogens is 224 g/mol. The molecule has 1 aromatic rings. The molecular formula is C15H26N2O. The molecule has 1 unspecified atom stereocenters. The number of nitrogens with two attached hydrogens (primary N) is 1. The molecule has 0 aliphatic heterocycles. The van der Waals surface area contributed by atoms with Crippen LogP contribution in [0, 0.1) is 0 Å². The lowest BCUT2D eigenvalue weighted by atomic mass is 9.92. The summed E-state index contributed by atoms with van der Waals surface area (Å²) in [4.78, 5) is 2.21. The molecule has 3 heteroatoms. The van der Waals surface area contributed by atoms with Crippen LogP contribution in [0.15, 0.2) is 30.3 Å². The fourth-order valence-corrected chi connectivity index (χ4v) is 2.48. The van der Waals surface area contributed by atoms with Crippen molar-refractivity contribution in [3.05, 3.63) is 35.9 Å². The highest BCUT2D eigenvalue weighted by molar-refractivity contribution is 5.23. The zero-order chi connectivity index (χ0) is 13.6. The molecule has 0 saturated carbocycles. The van der Waals surface area contributed by atoms with Gasteiger partial charge in [-0.1, -0.05) is 44.2 Å². The Morgan fingerprint density at radius 1 is 1.22 bits per heavy atom. The van der Waals surface area contributed by atoms with E-state index in [2.05, 4.69) is 25.8 Å². The van der Waals surface area contributed by atoms with Crippen molar-refractivity contribution in [3.8, 4) is 0 Å². The maximum Gasteiger partial charge on any atom is 0.114 e. The van der Waals surface area contributed by atoms with Crippen LogP contribution in [-0.2, 0) is 5.60 Å². The van der Waals surface area contributed by atoms with E-state index in [0.29, 0.717) is 12.6 Å². The van der Waals surface area contributed by atoms with Crippen LogP contribution in [0.3, 0.4) is 0 Å². The highest BCUT2D eigenvalue weighted by atomic mass is 16.3. The van der Waals surface area contributed by atoms with Gasteiger partial charge in [-0.05, 0) is 25.5 Å². The van der Waals surface area contributed by atoms with Crippen LogP contribution in [0.1, 0.15) is 32.3 Å². The summed E-state index contributed by atoms with van der Waals surface area (Å²) in [5.74, 6) is 0. The number of benzene rings is 1. The predicted molar refractivity (Wildman–Crippen MR) is 76.4 cm³/mol. The quantitative estimate of drug-likeness (QED) is 0.777. The summed E-state index contributed by atoms with van der Waals surface area (Å²) < 4.78 is 0. The smallest absolute Gasteiger partial charge is 0.114 e. The Morgan fingerprint density at radius 3 is 2.22 bits per heavy atom. The normalized spacial score (nSPS) is 15.1. The van der Waals surface area contributed by atoms with Crippen LogP contribution in [0.25, 0.3) is 0 Å². The van der Waals surface area contributed by atoms with Crippen molar-refractivity contribution >= 4 is 0 Å². The van der Waals surface area contributed by atoms with Crippen LogP contribution in [-0.4, -0.2) is 36.2 Å². The lowest BCUT2D eigenvalue weighted by Gasteiger charge is -2.35. The van der Waals surface area contributed by atoms with Gasteiger partial charge in [0.2, 0.25) is 0 Å². The molecule has 3 nitrogen and oxygen atoms in total. The molecule has 1 rings (SSSR count). The van der Waals surface area contributed by atoms with Gasteiger partial charge in [0, 0.05) is 19.1 Å². The molecule has 102 valence electrons. The van der Waals surface area contributed by atoms with Gasteiger partial charge < -0.3 is 15.7 Å². The number of likely N-dealkylation sites (N-methyl/N-ethyl adjacent to an activating group) is 1. The van der Waals surface area contributed by atoms with E-state index in [-0.39, 0.29) is 6.54 Å². The Bertz CT molecular complexity index is 338. The van der Waals surface area contributed by atoms with E-state index >= 15 is 0 Å². The van der Waals surface area contributed by atoms with Crippen molar-refractivity contribution in [2.75, 3.05) is 20.1 Å². The van der Waals surface area contributed by atoms with Gasteiger partial charge in [0.15, 0.2) is 0 Å².